The van der Waals surface area contributed by atoms with Crippen LogP contribution in [0, 0.1) is 5.92 Å². The summed E-state index contributed by atoms with van der Waals surface area (Å²) in [5.74, 6) is 1.33. The monoisotopic (exact) mass is 268 g/mol. The maximum absolute atomic E-state index is 11.5. The maximum atomic E-state index is 11.5. The van der Waals surface area contributed by atoms with Gasteiger partial charge in [-0.15, -0.1) is 0 Å². The summed E-state index contributed by atoms with van der Waals surface area (Å²) in [5, 5.41) is 5.61. The van der Waals surface area contributed by atoms with E-state index in [0.29, 0.717) is 24.2 Å². The molecule has 1 aromatic heterocycles. The van der Waals surface area contributed by atoms with Gasteiger partial charge in [-0.2, -0.15) is 9.97 Å². The van der Waals surface area contributed by atoms with Crippen LogP contribution < -0.4 is 20.1 Å². The van der Waals surface area contributed by atoms with E-state index in [1.54, 1.807) is 6.07 Å². The smallest absolute Gasteiger partial charge is 0.239 e. The zero-order valence-electron chi connectivity index (χ0n) is 11.7. The van der Waals surface area contributed by atoms with Crippen LogP contribution in [0.25, 0.3) is 0 Å². The Morgan fingerprint density at radius 1 is 1.26 bits per heavy atom. The number of nitrogens with zero attached hydrogens (tertiary/aromatic N) is 2. The number of methoxy groups -OCH3 is 2. The number of rotatable bonds is 7. The van der Waals surface area contributed by atoms with Crippen LogP contribution in [0.5, 0.6) is 11.8 Å². The normalized spacial score (nSPS) is 10.2. The van der Waals surface area contributed by atoms with Gasteiger partial charge >= 0.3 is 0 Å². The first kappa shape index (κ1) is 15.0. The van der Waals surface area contributed by atoms with Gasteiger partial charge in [0.25, 0.3) is 0 Å². The van der Waals surface area contributed by atoms with E-state index in [9.17, 15) is 4.79 Å². The second-order valence-electron chi connectivity index (χ2n) is 4.33. The first-order valence-electron chi connectivity index (χ1n) is 6.02. The Bertz CT molecular complexity index is 401. The molecule has 0 radical (unpaired) electrons. The van der Waals surface area contributed by atoms with Gasteiger partial charge in [0.1, 0.15) is 0 Å². The Kier molecular flexibility index (Phi) is 5.84. The van der Waals surface area contributed by atoms with E-state index in [1.807, 2.05) is 13.8 Å². The van der Waals surface area contributed by atoms with Crippen molar-refractivity contribution in [2.24, 2.45) is 5.92 Å². The fraction of sp³-hybridized carbons (Fsp3) is 0.583. The van der Waals surface area contributed by atoms with Crippen LogP contribution in [0.1, 0.15) is 13.8 Å². The van der Waals surface area contributed by atoms with E-state index in [1.165, 1.54) is 14.2 Å². The molecule has 19 heavy (non-hydrogen) atoms. The summed E-state index contributed by atoms with van der Waals surface area (Å²) in [4.78, 5) is 19.7. The van der Waals surface area contributed by atoms with E-state index < -0.39 is 0 Å². The Labute approximate surface area is 112 Å². The van der Waals surface area contributed by atoms with Crippen LogP contribution in [0.2, 0.25) is 0 Å². The molecule has 2 N–H and O–H groups in total. The van der Waals surface area contributed by atoms with Crippen molar-refractivity contribution >= 4 is 11.9 Å². The van der Waals surface area contributed by atoms with Crippen LogP contribution in [0.3, 0.4) is 0 Å². The van der Waals surface area contributed by atoms with Crippen LogP contribution in [0.4, 0.5) is 5.95 Å². The molecule has 1 aromatic rings. The molecule has 0 aliphatic heterocycles. The highest BCUT2D eigenvalue weighted by Crippen LogP contribution is 2.16. The lowest BCUT2D eigenvalue weighted by molar-refractivity contribution is -0.119. The summed E-state index contributed by atoms with van der Waals surface area (Å²) in [6.07, 6.45) is 0. The highest BCUT2D eigenvalue weighted by Gasteiger charge is 2.07. The number of carbonyl (C=O) groups excluding carboxylic acids is 1. The first-order valence-corrected chi connectivity index (χ1v) is 6.02. The predicted molar refractivity (Wildman–Crippen MR) is 71.5 cm³/mol. The molecule has 0 unspecified atom stereocenters. The summed E-state index contributed by atoms with van der Waals surface area (Å²) < 4.78 is 10.0. The van der Waals surface area contributed by atoms with Gasteiger partial charge in [-0.25, -0.2) is 0 Å². The quantitative estimate of drug-likeness (QED) is 0.756. The van der Waals surface area contributed by atoms with Crippen molar-refractivity contribution in [3.8, 4) is 11.8 Å². The standard InChI is InChI=1S/C12H20N4O3/c1-8(2)6-13-9(17)7-14-12-15-10(18-3)5-11(16-12)19-4/h5,8H,6-7H2,1-4H3,(H,13,17)(H,14,15,16). The second kappa shape index (κ2) is 7.40. The van der Waals surface area contributed by atoms with Crippen LogP contribution in [-0.2, 0) is 4.79 Å². The third-order valence-corrected chi connectivity index (χ3v) is 2.21. The summed E-state index contributed by atoms with van der Waals surface area (Å²) >= 11 is 0. The molecule has 0 fully saturated rings. The van der Waals surface area contributed by atoms with Gasteiger partial charge in [0.2, 0.25) is 23.6 Å². The molecule has 0 saturated heterocycles. The number of hydrogen-bond acceptors (Lipinski definition) is 6. The van der Waals surface area contributed by atoms with E-state index >= 15 is 0 Å². The Morgan fingerprint density at radius 2 is 1.84 bits per heavy atom. The fourth-order valence-electron chi connectivity index (χ4n) is 1.23. The van der Waals surface area contributed by atoms with Crippen molar-refractivity contribution in [3.63, 3.8) is 0 Å². The molecule has 0 aliphatic carbocycles. The first-order chi connectivity index (χ1) is 9.05. The predicted octanol–water partition coefficient (Wildman–Crippen LogP) is 0.678. The number of anilines is 1. The van der Waals surface area contributed by atoms with Crippen molar-refractivity contribution < 1.29 is 14.3 Å². The van der Waals surface area contributed by atoms with Gasteiger partial charge in [-0.05, 0) is 5.92 Å². The zero-order valence-corrected chi connectivity index (χ0v) is 11.7. The van der Waals surface area contributed by atoms with Gasteiger partial charge in [0.15, 0.2) is 0 Å². The molecule has 7 heteroatoms. The highest BCUT2D eigenvalue weighted by molar-refractivity contribution is 5.80. The Balaban J connectivity index is 2.54. The number of ether oxygens (including phenoxy) is 2. The van der Waals surface area contributed by atoms with Gasteiger partial charge in [-0.3, -0.25) is 4.79 Å². The molecule has 7 nitrogen and oxygen atoms in total. The topological polar surface area (TPSA) is 85.4 Å². The van der Waals surface area contributed by atoms with Gasteiger partial charge in [0.05, 0.1) is 26.8 Å². The number of hydrogen-bond donors (Lipinski definition) is 2. The molecular weight excluding hydrogens is 248 g/mol. The van der Waals surface area contributed by atoms with Crippen molar-refractivity contribution in [2.45, 2.75) is 13.8 Å². The van der Waals surface area contributed by atoms with Crippen molar-refractivity contribution in [1.82, 2.24) is 15.3 Å². The molecule has 0 saturated carbocycles. The highest BCUT2D eigenvalue weighted by atomic mass is 16.5. The molecule has 0 aliphatic rings. The van der Waals surface area contributed by atoms with E-state index in [4.69, 9.17) is 9.47 Å². The number of carbonyl (C=O) groups is 1. The molecule has 0 spiro atoms. The molecule has 0 bridgehead atoms. The van der Waals surface area contributed by atoms with Crippen LogP contribution in [0.15, 0.2) is 6.07 Å². The number of aromatic nitrogens is 2. The Hall–Kier alpha value is -2.05. The van der Waals surface area contributed by atoms with Crippen molar-refractivity contribution in [2.75, 3.05) is 32.6 Å². The molecule has 0 aromatic carbocycles. The summed E-state index contributed by atoms with van der Waals surface area (Å²) in [5.41, 5.74) is 0. The minimum Gasteiger partial charge on any atom is -0.481 e. The van der Waals surface area contributed by atoms with E-state index in [-0.39, 0.29) is 18.4 Å². The third kappa shape index (κ3) is 5.41. The maximum Gasteiger partial charge on any atom is 0.239 e. The third-order valence-electron chi connectivity index (χ3n) is 2.21. The van der Waals surface area contributed by atoms with Crippen LogP contribution in [-0.4, -0.2) is 43.2 Å². The summed E-state index contributed by atoms with van der Waals surface area (Å²) in [6.45, 7) is 4.80. The average Bonchev–Trinajstić information content (AvgIpc) is 2.42. The molecule has 0 atom stereocenters. The largest absolute Gasteiger partial charge is 0.481 e. The van der Waals surface area contributed by atoms with Crippen molar-refractivity contribution in [3.05, 3.63) is 6.07 Å². The molecule has 1 rings (SSSR count). The summed E-state index contributed by atoms with van der Waals surface area (Å²) in [6, 6.07) is 1.56. The molecule has 1 heterocycles. The number of amides is 1. The van der Waals surface area contributed by atoms with E-state index in [2.05, 4.69) is 20.6 Å². The lowest BCUT2D eigenvalue weighted by Gasteiger charge is -2.10. The fourth-order valence-corrected chi connectivity index (χ4v) is 1.23. The lowest BCUT2D eigenvalue weighted by atomic mass is 10.2. The minimum atomic E-state index is -0.112. The Morgan fingerprint density at radius 3 is 2.32 bits per heavy atom. The zero-order chi connectivity index (χ0) is 14.3. The van der Waals surface area contributed by atoms with Gasteiger partial charge in [-0.1, -0.05) is 13.8 Å². The second-order valence-corrected chi connectivity index (χ2v) is 4.33. The lowest BCUT2D eigenvalue weighted by Crippen LogP contribution is -2.32. The molecular formula is C12H20N4O3. The molecule has 1 amide bonds. The minimum absolute atomic E-state index is 0.100. The SMILES string of the molecule is COc1cc(OC)nc(NCC(=O)NCC(C)C)n1. The average molecular weight is 268 g/mol. The summed E-state index contributed by atoms with van der Waals surface area (Å²) in [7, 11) is 3.00. The van der Waals surface area contributed by atoms with Crippen molar-refractivity contribution in [1.29, 1.82) is 0 Å². The molecule has 106 valence electrons. The van der Waals surface area contributed by atoms with Gasteiger partial charge < -0.3 is 20.1 Å². The van der Waals surface area contributed by atoms with Gasteiger partial charge in [0, 0.05) is 6.54 Å². The van der Waals surface area contributed by atoms with Crippen LogP contribution >= 0.6 is 0 Å². The van der Waals surface area contributed by atoms with E-state index in [0.717, 1.165) is 0 Å². The number of nitrogens with one attached hydrogen (secondary N) is 2.